The smallest absolute Gasteiger partial charge is 0.425 e. The number of piperidine rings is 1. The third-order valence-corrected chi connectivity index (χ3v) is 6.23. The fourth-order valence-electron chi connectivity index (χ4n) is 3.80. The van der Waals surface area contributed by atoms with Crippen LogP contribution in [0.1, 0.15) is 18.4 Å². The Kier molecular flexibility index (Phi) is 5.67. The molecule has 10 heteroatoms. The second-order valence-electron chi connectivity index (χ2n) is 7.47. The molecule has 2 aromatic carbocycles. The summed E-state index contributed by atoms with van der Waals surface area (Å²) in [6.07, 6.45) is -9.41. The largest absolute Gasteiger partial charge is 0.499 e. The van der Waals surface area contributed by atoms with Gasteiger partial charge in [-0.1, -0.05) is 18.2 Å². The molecule has 31 heavy (non-hydrogen) atoms. The molecule has 1 saturated heterocycles. The number of para-hydroxylation sites is 1. The number of nitrogens with zero attached hydrogens (tertiary/aromatic N) is 2. The second kappa shape index (κ2) is 8.14. The van der Waals surface area contributed by atoms with Crippen LogP contribution in [0.2, 0.25) is 0 Å². The maximum atomic E-state index is 13.4. The van der Waals surface area contributed by atoms with Gasteiger partial charge in [-0.25, -0.2) is 4.98 Å². The summed E-state index contributed by atoms with van der Waals surface area (Å²) >= 11 is 1.40. The number of alkyl halides is 5. The Balaban J connectivity index is 1.43. The molecule has 4 nitrogen and oxygen atoms in total. The first-order chi connectivity index (χ1) is 14.7. The van der Waals surface area contributed by atoms with Crippen LogP contribution in [0.25, 0.3) is 10.2 Å². The summed E-state index contributed by atoms with van der Waals surface area (Å²) in [5.41, 5.74) is 2.95. The van der Waals surface area contributed by atoms with Crippen molar-refractivity contribution >= 4 is 27.2 Å². The summed E-state index contributed by atoms with van der Waals surface area (Å²) in [7, 11) is 0. The summed E-state index contributed by atoms with van der Waals surface area (Å²) in [5, 5.41) is 12.6. The van der Waals surface area contributed by atoms with E-state index in [2.05, 4.69) is 9.72 Å². The lowest BCUT2D eigenvalue weighted by atomic mass is 9.89. The number of aromatic nitrogens is 1. The first kappa shape index (κ1) is 21.6. The molecule has 1 aliphatic rings. The Bertz CT molecular complexity index is 1060. The third kappa shape index (κ3) is 4.39. The Labute approximate surface area is 178 Å². The van der Waals surface area contributed by atoms with E-state index in [1.54, 1.807) is 17.6 Å². The van der Waals surface area contributed by atoms with Crippen molar-refractivity contribution in [1.29, 1.82) is 0 Å². The molecule has 0 spiro atoms. The molecule has 1 radical (unpaired) electrons. The predicted octanol–water partition coefficient (Wildman–Crippen LogP) is 6.43. The highest BCUT2D eigenvalue weighted by atomic mass is 32.1. The monoisotopic (exact) mass is 457 g/mol. The third-order valence-electron chi connectivity index (χ3n) is 5.44. The van der Waals surface area contributed by atoms with Crippen molar-refractivity contribution < 1.29 is 31.8 Å². The topological polar surface area (TPSA) is 45.3 Å². The van der Waals surface area contributed by atoms with Gasteiger partial charge < -0.3 is 9.64 Å². The van der Waals surface area contributed by atoms with Gasteiger partial charge in [-0.2, -0.15) is 22.0 Å². The van der Waals surface area contributed by atoms with Crippen LogP contribution < -0.4 is 9.64 Å². The number of thiazole rings is 1. The highest BCUT2D eigenvalue weighted by Crippen LogP contribution is 2.40. The summed E-state index contributed by atoms with van der Waals surface area (Å²) in [6.45, 7) is 1.16. The van der Waals surface area contributed by atoms with Crippen molar-refractivity contribution in [2.75, 3.05) is 18.0 Å². The number of ether oxygens (including phenoxy) is 1. The van der Waals surface area contributed by atoms with Gasteiger partial charge >= 0.3 is 12.3 Å². The molecule has 1 aromatic heterocycles. The summed E-state index contributed by atoms with van der Waals surface area (Å²) in [6, 6.07) is 9.21. The van der Waals surface area contributed by atoms with Crippen molar-refractivity contribution in [3.05, 3.63) is 47.5 Å². The van der Waals surface area contributed by atoms with E-state index in [4.69, 9.17) is 0 Å². The average molecular weight is 457 g/mol. The lowest BCUT2D eigenvalue weighted by Gasteiger charge is -2.34. The second-order valence-corrected chi connectivity index (χ2v) is 8.36. The molecule has 1 aliphatic heterocycles. The van der Waals surface area contributed by atoms with Crippen molar-refractivity contribution in [2.24, 2.45) is 5.92 Å². The minimum Gasteiger partial charge on any atom is -0.425 e. The fourth-order valence-corrected chi connectivity index (χ4v) is 4.48. The van der Waals surface area contributed by atoms with Gasteiger partial charge in [0.1, 0.15) is 11.3 Å². The van der Waals surface area contributed by atoms with Gasteiger partial charge in [-0.3, -0.25) is 5.11 Å². The average Bonchev–Trinajstić information content (AvgIpc) is 3.19. The van der Waals surface area contributed by atoms with Gasteiger partial charge in [0.25, 0.3) is 0 Å². The number of hydrogen-bond donors (Lipinski definition) is 0. The van der Waals surface area contributed by atoms with Crippen LogP contribution in [0, 0.1) is 5.92 Å². The van der Waals surface area contributed by atoms with E-state index in [1.807, 2.05) is 11.0 Å². The fraction of sp³-hybridized carbons (Fsp3) is 0.381. The molecule has 1 fully saturated rings. The lowest BCUT2D eigenvalue weighted by Crippen LogP contribution is -2.42. The van der Waals surface area contributed by atoms with Crippen molar-refractivity contribution in [3.8, 4) is 11.5 Å². The van der Waals surface area contributed by atoms with Crippen molar-refractivity contribution in [1.82, 2.24) is 4.98 Å². The quantitative estimate of drug-likeness (QED) is 0.415. The molecule has 0 aliphatic carbocycles. The van der Waals surface area contributed by atoms with E-state index >= 15 is 0 Å². The molecule has 0 saturated carbocycles. The van der Waals surface area contributed by atoms with Gasteiger partial charge in [0.15, 0.2) is 0 Å². The number of anilines is 1. The normalized spacial score (nSPS) is 16.1. The number of fused-ring (bicyclic) bond motifs is 1. The van der Waals surface area contributed by atoms with Crippen LogP contribution in [-0.4, -0.2) is 30.4 Å². The van der Waals surface area contributed by atoms with E-state index in [0.717, 1.165) is 10.8 Å². The predicted molar refractivity (Wildman–Crippen MR) is 106 cm³/mol. The van der Waals surface area contributed by atoms with E-state index in [0.29, 0.717) is 49.1 Å². The van der Waals surface area contributed by atoms with Gasteiger partial charge in [0, 0.05) is 13.1 Å². The number of rotatable bonds is 5. The van der Waals surface area contributed by atoms with Crippen LogP contribution in [-0.2, 0) is 11.5 Å². The Morgan fingerprint density at radius 2 is 1.77 bits per heavy atom. The first-order valence-electron chi connectivity index (χ1n) is 9.65. The zero-order valence-electron chi connectivity index (χ0n) is 16.2. The molecule has 0 bridgehead atoms. The molecule has 0 unspecified atom stereocenters. The van der Waals surface area contributed by atoms with Crippen LogP contribution in [0.15, 0.2) is 41.9 Å². The van der Waals surface area contributed by atoms with Crippen LogP contribution in [0.4, 0.5) is 27.6 Å². The summed E-state index contributed by atoms with van der Waals surface area (Å²) in [5.74, 6) is -0.521. The van der Waals surface area contributed by atoms with Crippen LogP contribution >= 0.6 is 11.3 Å². The van der Waals surface area contributed by atoms with E-state index < -0.39 is 18.0 Å². The maximum absolute atomic E-state index is 13.4. The van der Waals surface area contributed by atoms with Gasteiger partial charge in [0.2, 0.25) is 5.75 Å². The Morgan fingerprint density at radius 3 is 2.48 bits per heavy atom. The van der Waals surface area contributed by atoms with E-state index in [9.17, 15) is 27.1 Å². The standard InChI is InChI=1S/C21H18F5N2O2S/c22-20(23,24)21(25,26)30-16-4-2-1-3-14(16)11-13-7-9-28(10-8-13)15-5-6-17-18(19(15)29)27-12-31-17/h1-6,12-13H,7-11H2. The molecular formula is C21H18F5N2O2S. The number of halogens is 5. The van der Waals surface area contributed by atoms with Crippen LogP contribution in [0.5, 0.6) is 11.5 Å². The molecule has 165 valence electrons. The first-order valence-corrected chi connectivity index (χ1v) is 10.5. The molecular weight excluding hydrogens is 439 g/mol. The SMILES string of the molecule is [O]c1c(N2CCC(Cc3ccccc3OC(F)(F)C(F)(F)F)CC2)ccc2scnc12. The molecule has 0 N–H and O–H groups in total. The van der Waals surface area contributed by atoms with Crippen molar-refractivity contribution in [3.63, 3.8) is 0 Å². The van der Waals surface area contributed by atoms with Crippen LogP contribution in [0.3, 0.4) is 0 Å². The zero-order chi connectivity index (χ0) is 22.2. The summed E-state index contributed by atoms with van der Waals surface area (Å²) in [4.78, 5) is 6.09. The number of hydrogen-bond acceptors (Lipinski definition) is 4. The molecule has 0 amide bonds. The van der Waals surface area contributed by atoms with Gasteiger partial charge in [-0.15, -0.1) is 11.3 Å². The Hall–Kier alpha value is -2.62. The van der Waals surface area contributed by atoms with Crippen molar-refractivity contribution in [2.45, 2.75) is 31.5 Å². The highest BCUT2D eigenvalue weighted by Gasteiger charge is 2.61. The van der Waals surface area contributed by atoms with Gasteiger partial charge in [-0.05, 0) is 48.9 Å². The number of benzene rings is 2. The Morgan fingerprint density at radius 1 is 1.06 bits per heavy atom. The van der Waals surface area contributed by atoms with E-state index in [-0.39, 0.29) is 11.7 Å². The minimum absolute atomic E-state index is 0.0682. The molecule has 3 aromatic rings. The zero-order valence-corrected chi connectivity index (χ0v) is 17.0. The molecule has 2 heterocycles. The highest BCUT2D eigenvalue weighted by molar-refractivity contribution is 7.16. The van der Waals surface area contributed by atoms with Gasteiger partial charge in [0.05, 0.1) is 15.9 Å². The maximum Gasteiger partial charge on any atom is 0.499 e. The molecule has 4 rings (SSSR count). The lowest BCUT2D eigenvalue weighted by molar-refractivity contribution is -0.360. The van der Waals surface area contributed by atoms with E-state index in [1.165, 1.54) is 23.5 Å². The minimum atomic E-state index is -5.79. The summed E-state index contributed by atoms with van der Waals surface area (Å²) < 4.78 is 69.1. The molecule has 0 atom stereocenters.